The average molecular weight is 331 g/mol. The van der Waals surface area contributed by atoms with E-state index >= 15 is 0 Å². The third-order valence-electron chi connectivity index (χ3n) is 3.16. The van der Waals surface area contributed by atoms with Crippen LogP contribution in [0.15, 0.2) is 34.6 Å². The Kier molecular flexibility index (Phi) is 4.11. The zero-order chi connectivity index (χ0) is 16.4. The topological polar surface area (TPSA) is 109 Å². The minimum atomic E-state index is -1.02. The number of thioether (sulfide) groups is 1. The fourth-order valence-electron chi connectivity index (χ4n) is 2.18. The number of aryl methyl sites for hydroxylation is 1. The molecule has 8 nitrogen and oxygen atoms in total. The standard InChI is InChI=1S/C14H13N5O3S/c1-19-7-9-4-2-3-8(12(9)18-19)6-15-17-14-16-13(22)10(23-14)5-11(20)21/h2-4,6-7,10H,5H2,1H3,(H,20,21)(H,16,17,22). The van der Waals surface area contributed by atoms with E-state index < -0.39 is 11.2 Å². The zero-order valence-corrected chi connectivity index (χ0v) is 12.9. The molecular formula is C14H13N5O3S. The van der Waals surface area contributed by atoms with E-state index in [4.69, 9.17) is 5.11 Å². The van der Waals surface area contributed by atoms with Gasteiger partial charge in [-0.15, -0.1) is 5.10 Å². The molecule has 1 aliphatic rings. The predicted molar refractivity (Wildman–Crippen MR) is 87.5 cm³/mol. The molecule has 2 aromatic rings. The second-order valence-corrected chi connectivity index (χ2v) is 6.12. The van der Waals surface area contributed by atoms with Gasteiger partial charge in [-0.25, -0.2) is 0 Å². The molecule has 2 N–H and O–H groups in total. The van der Waals surface area contributed by atoms with Crippen molar-refractivity contribution in [3.8, 4) is 0 Å². The summed E-state index contributed by atoms with van der Waals surface area (Å²) in [4.78, 5) is 22.3. The summed E-state index contributed by atoms with van der Waals surface area (Å²) in [6.45, 7) is 0. The van der Waals surface area contributed by atoms with Crippen LogP contribution in [-0.4, -0.2) is 43.4 Å². The summed E-state index contributed by atoms with van der Waals surface area (Å²) in [5.74, 6) is -1.39. The number of fused-ring (bicyclic) bond motifs is 1. The highest BCUT2D eigenvalue weighted by Crippen LogP contribution is 2.22. The van der Waals surface area contributed by atoms with Crippen molar-refractivity contribution in [3.63, 3.8) is 0 Å². The highest BCUT2D eigenvalue weighted by molar-refractivity contribution is 8.15. The van der Waals surface area contributed by atoms with E-state index in [-0.39, 0.29) is 12.3 Å². The maximum atomic E-state index is 11.6. The Morgan fingerprint density at radius 2 is 2.39 bits per heavy atom. The van der Waals surface area contributed by atoms with Crippen LogP contribution in [0.3, 0.4) is 0 Å². The fourth-order valence-corrected chi connectivity index (χ4v) is 3.10. The number of carboxylic acids is 1. The number of aliphatic carboxylic acids is 1. The van der Waals surface area contributed by atoms with Gasteiger partial charge in [0.2, 0.25) is 5.91 Å². The number of nitrogens with one attached hydrogen (secondary N) is 1. The second-order valence-electron chi connectivity index (χ2n) is 4.93. The summed E-state index contributed by atoms with van der Waals surface area (Å²) in [5, 5.41) is 24.1. The summed E-state index contributed by atoms with van der Waals surface area (Å²) in [6.07, 6.45) is 3.22. The third kappa shape index (κ3) is 3.39. The lowest BCUT2D eigenvalue weighted by Crippen LogP contribution is -2.26. The van der Waals surface area contributed by atoms with Gasteiger partial charge in [-0.3, -0.25) is 14.3 Å². The number of hydrogen-bond donors (Lipinski definition) is 2. The largest absolute Gasteiger partial charge is 0.481 e. The van der Waals surface area contributed by atoms with Crippen LogP contribution < -0.4 is 5.32 Å². The molecule has 1 saturated heterocycles. The third-order valence-corrected chi connectivity index (χ3v) is 4.24. The molecular weight excluding hydrogens is 318 g/mol. The molecule has 1 fully saturated rings. The van der Waals surface area contributed by atoms with Gasteiger partial charge in [0.25, 0.3) is 0 Å². The van der Waals surface area contributed by atoms with Crippen LogP contribution in [0.25, 0.3) is 10.9 Å². The smallest absolute Gasteiger partial charge is 0.305 e. The van der Waals surface area contributed by atoms with Gasteiger partial charge in [0, 0.05) is 24.2 Å². The van der Waals surface area contributed by atoms with Gasteiger partial charge in [-0.05, 0) is 0 Å². The molecule has 9 heteroatoms. The number of aromatic nitrogens is 2. The average Bonchev–Trinajstić information content (AvgIpc) is 3.01. The number of rotatable bonds is 4. The van der Waals surface area contributed by atoms with Crippen LogP contribution in [-0.2, 0) is 16.6 Å². The van der Waals surface area contributed by atoms with Crippen LogP contribution in [0.5, 0.6) is 0 Å². The van der Waals surface area contributed by atoms with E-state index in [1.807, 2.05) is 31.4 Å². The normalized spacial score (nSPS) is 19.8. The van der Waals surface area contributed by atoms with Gasteiger partial charge in [0.05, 0.1) is 12.6 Å². The number of benzene rings is 1. The van der Waals surface area contributed by atoms with Crippen molar-refractivity contribution in [2.24, 2.45) is 17.3 Å². The van der Waals surface area contributed by atoms with Gasteiger partial charge >= 0.3 is 5.97 Å². The SMILES string of the molecule is Cn1cc2cccc(C=NN=C3NC(=O)C(CC(=O)O)S3)c2n1. The van der Waals surface area contributed by atoms with Crippen molar-refractivity contribution in [3.05, 3.63) is 30.0 Å². The van der Waals surface area contributed by atoms with Gasteiger partial charge < -0.3 is 10.4 Å². The molecule has 0 aliphatic carbocycles. The molecule has 1 aromatic carbocycles. The number of hydrogen-bond acceptors (Lipinski definition) is 6. The number of amides is 1. The summed E-state index contributed by atoms with van der Waals surface area (Å²) >= 11 is 1.06. The van der Waals surface area contributed by atoms with Crippen molar-refractivity contribution in [2.75, 3.05) is 0 Å². The van der Waals surface area contributed by atoms with E-state index in [2.05, 4.69) is 20.6 Å². The summed E-state index contributed by atoms with van der Waals surface area (Å²) in [5.41, 5.74) is 1.62. The summed E-state index contributed by atoms with van der Waals surface area (Å²) in [6, 6.07) is 5.72. The predicted octanol–water partition coefficient (Wildman–Crippen LogP) is 0.969. The highest BCUT2D eigenvalue weighted by Gasteiger charge is 2.32. The van der Waals surface area contributed by atoms with Gasteiger partial charge in [-0.2, -0.15) is 10.2 Å². The van der Waals surface area contributed by atoms with Crippen LogP contribution in [0.4, 0.5) is 0 Å². The molecule has 1 amide bonds. The van der Waals surface area contributed by atoms with Crippen LogP contribution in [0, 0.1) is 0 Å². The summed E-state index contributed by atoms with van der Waals surface area (Å²) < 4.78 is 1.72. The molecule has 118 valence electrons. The van der Waals surface area contributed by atoms with Crippen molar-refractivity contribution >= 4 is 45.9 Å². The van der Waals surface area contributed by atoms with Gasteiger partial charge in [0.15, 0.2) is 5.17 Å². The molecule has 0 bridgehead atoms. The first-order valence-electron chi connectivity index (χ1n) is 6.75. The molecule has 1 aromatic heterocycles. The quantitative estimate of drug-likeness (QED) is 0.641. The second kappa shape index (κ2) is 6.21. The van der Waals surface area contributed by atoms with E-state index in [0.717, 1.165) is 28.2 Å². The van der Waals surface area contributed by atoms with Crippen molar-refractivity contribution in [1.82, 2.24) is 15.1 Å². The minimum Gasteiger partial charge on any atom is -0.481 e. The number of carbonyl (C=O) groups excluding carboxylic acids is 1. The number of carboxylic acid groups (broad SMARTS) is 1. The lowest BCUT2D eigenvalue weighted by atomic mass is 10.2. The Bertz CT molecular complexity index is 842. The van der Waals surface area contributed by atoms with Crippen molar-refractivity contribution in [2.45, 2.75) is 11.7 Å². The molecule has 3 rings (SSSR count). The minimum absolute atomic E-state index is 0.244. The van der Waals surface area contributed by atoms with Gasteiger partial charge in [-0.1, -0.05) is 30.0 Å². The van der Waals surface area contributed by atoms with Crippen LogP contribution >= 0.6 is 11.8 Å². The van der Waals surface area contributed by atoms with Crippen molar-refractivity contribution < 1.29 is 14.7 Å². The van der Waals surface area contributed by atoms with E-state index in [9.17, 15) is 9.59 Å². The lowest BCUT2D eigenvalue weighted by molar-refractivity contribution is -0.138. The number of carbonyl (C=O) groups is 2. The van der Waals surface area contributed by atoms with E-state index in [1.165, 1.54) is 0 Å². The Morgan fingerprint density at radius 3 is 3.17 bits per heavy atom. The molecule has 1 unspecified atom stereocenters. The molecule has 0 radical (unpaired) electrons. The Hall–Kier alpha value is -2.68. The highest BCUT2D eigenvalue weighted by atomic mass is 32.2. The Balaban J connectivity index is 1.75. The molecule has 23 heavy (non-hydrogen) atoms. The monoisotopic (exact) mass is 331 g/mol. The van der Waals surface area contributed by atoms with E-state index in [0.29, 0.717) is 5.17 Å². The molecule has 0 spiro atoms. The van der Waals surface area contributed by atoms with Crippen LogP contribution in [0.2, 0.25) is 0 Å². The first-order valence-corrected chi connectivity index (χ1v) is 7.63. The van der Waals surface area contributed by atoms with E-state index in [1.54, 1.807) is 10.9 Å². The first kappa shape index (κ1) is 15.2. The van der Waals surface area contributed by atoms with Crippen LogP contribution in [0.1, 0.15) is 12.0 Å². The molecule has 2 heterocycles. The Morgan fingerprint density at radius 1 is 1.57 bits per heavy atom. The zero-order valence-electron chi connectivity index (χ0n) is 12.1. The molecule has 1 aliphatic heterocycles. The maximum Gasteiger partial charge on any atom is 0.305 e. The Labute approximate surface area is 135 Å². The number of amidine groups is 1. The van der Waals surface area contributed by atoms with Crippen molar-refractivity contribution in [1.29, 1.82) is 0 Å². The fraction of sp³-hybridized carbons (Fsp3) is 0.214. The molecule has 1 atom stereocenters. The molecule has 0 saturated carbocycles. The lowest BCUT2D eigenvalue weighted by Gasteiger charge is -1.97. The maximum absolute atomic E-state index is 11.6. The first-order chi connectivity index (χ1) is 11.0. The summed E-state index contributed by atoms with van der Waals surface area (Å²) in [7, 11) is 1.84. The van der Waals surface area contributed by atoms with Gasteiger partial charge in [0.1, 0.15) is 10.8 Å². The number of nitrogens with zero attached hydrogens (tertiary/aromatic N) is 4.